The van der Waals surface area contributed by atoms with Crippen LogP contribution in [0.5, 0.6) is 0 Å². The van der Waals surface area contributed by atoms with E-state index in [0.29, 0.717) is 45.8 Å². The average molecular weight is 378 g/mol. The molecule has 0 radical (unpaired) electrons. The predicted molar refractivity (Wildman–Crippen MR) is 94.9 cm³/mol. The van der Waals surface area contributed by atoms with Gasteiger partial charge in [-0.1, -0.05) is 28.4 Å². The van der Waals surface area contributed by atoms with Gasteiger partial charge in [0.05, 0.1) is 16.6 Å². The first-order chi connectivity index (χ1) is 12.0. The van der Waals surface area contributed by atoms with Crippen molar-refractivity contribution in [2.75, 3.05) is 23.3 Å². The Bertz CT molecular complexity index is 968. The Kier molecular flexibility index (Phi) is 3.93. The van der Waals surface area contributed by atoms with Crippen LogP contribution in [0.4, 0.5) is 11.5 Å². The summed E-state index contributed by atoms with van der Waals surface area (Å²) in [6.45, 7) is 1.07. The van der Waals surface area contributed by atoms with Crippen LogP contribution in [0, 0.1) is 5.92 Å². The summed E-state index contributed by atoms with van der Waals surface area (Å²) in [5.74, 6) is 0.407. The molecule has 1 amide bonds. The average Bonchev–Trinajstić information content (AvgIpc) is 2.92. The van der Waals surface area contributed by atoms with E-state index in [2.05, 4.69) is 25.6 Å². The quantitative estimate of drug-likeness (QED) is 0.751. The maximum absolute atomic E-state index is 12.4. The van der Waals surface area contributed by atoms with E-state index >= 15 is 0 Å². The SMILES string of the molecule is Cn1nnc2c(N3CC(C(=O)Nc4cc(Cl)ccc4Cl)C3)ncnc21. The maximum Gasteiger partial charge on any atom is 0.231 e. The first-order valence-electron chi connectivity index (χ1n) is 7.54. The Morgan fingerprint density at radius 2 is 2.08 bits per heavy atom. The summed E-state index contributed by atoms with van der Waals surface area (Å²) < 4.78 is 1.59. The third-order valence-electron chi connectivity index (χ3n) is 4.11. The van der Waals surface area contributed by atoms with Crippen LogP contribution >= 0.6 is 23.2 Å². The zero-order valence-electron chi connectivity index (χ0n) is 13.1. The topological polar surface area (TPSA) is 88.8 Å². The van der Waals surface area contributed by atoms with Gasteiger partial charge in [0.25, 0.3) is 0 Å². The number of hydrogen-bond acceptors (Lipinski definition) is 6. The fraction of sp³-hybridized carbons (Fsp3) is 0.267. The minimum absolute atomic E-state index is 0.107. The number of nitrogens with zero attached hydrogens (tertiary/aromatic N) is 6. The van der Waals surface area contributed by atoms with Gasteiger partial charge in [0.2, 0.25) is 5.91 Å². The molecule has 0 unspecified atom stereocenters. The van der Waals surface area contributed by atoms with E-state index in [1.165, 1.54) is 6.33 Å². The molecule has 4 rings (SSSR count). The molecule has 0 aliphatic carbocycles. The summed E-state index contributed by atoms with van der Waals surface area (Å²) in [7, 11) is 1.77. The highest BCUT2D eigenvalue weighted by molar-refractivity contribution is 6.35. The Morgan fingerprint density at radius 1 is 1.28 bits per heavy atom. The van der Waals surface area contributed by atoms with Gasteiger partial charge in [0.15, 0.2) is 17.0 Å². The molecule has 1 fully saturated rings. The molecule has 10 heteroatoms. The maximum atomic E-state index is 12.4. The molecule has 1 saturated heterocycles. The molecule has 0 atom stereocenters. The zero-order valence-corrected chi connectivity index (χ0v) is 14.7. The molecule has 0 spiro atoms. The summed E-state index contributed by atoms with van der Waals surface area (Å²) in [4.78, 5) is 22.8. The van der Waals surface area contributed by atoms with Crippen molar-refractivity contribution < 1.29 is 4.79 Å². The van der Waals surface area contributed by atoms with Gasteiger partial charge in [-0.3, -0.25) is 4.79 Å². The number of rotatable bonds is 3. The van der Waals surface area contributed by atoms with E-state index in [1.54, 1.807) is 29.9 Å². The minimum Gasteiger partial charge on any atom is -0.353 e. The second-order valence-electron chi connectivity index (χ2n) is 5.80. The van der Waals surface area contributed by atoms with Crippen LogP contribution in [0.2, 0.25) is 10.0 Å². The van der Waals surface area contributed by atoms with Crippen molar-refractivity contribution >= 4 is 51.8 Å². The molecule has 3 aromatic rings. The number of aryl methyl sites for hydroxylation is 1. The Hall–Kier alpha value is -2.45. The number of fused-ring (bicyclic) bond motifs is 1. The van der Waals surface area contributed by atoms with Gasteiger partial charge in [0.1, 0.15) is 6.33 Å². The van der Waals surface area contributed by atoms with Gasteiger partial charge in [-0.05, 0) is 18.2 Å². The number of carbonyl (C=O) groups excluding carboxylic acids is 1. The molecule has 128 valence electrons. The molecule has 0 saturated carbocycles. The lowest BCUT2D eigenvalue weighted by Crippen LogP contribution is -2.52. The van der Waals surface area contributed by atoms with E-state index in [9.17, 15) is 4.79 Å². The van der Waals surface area contributed by atoms with Crippen molar-refractivity contribution in [2.45, 2.75) is 0 Å². The molecule has 1 aliphatic heterocycles. The number of carbonyl (C=O) groups is 1. The largest absolute Gasteiger partial charge is 0.353 e. The van der Waals surface area contributed by atoms with E-state index < -0.39 is 0 Å². The molecule has 1 aromatic carbocycles. The standard InChI is InChI=1S/C15H13Cl2N7O/c1-23-13-12(21-22-23)14(19-7-18-13)24-5-8(6-24)15(25)20-11-4-9(16)2-3-10(11)17/h2-4,7-8H,5-6H2,1H3,(H,20,25). The zero-order chi connectivity index (χ0) is 17.6. The number of aromatic nitrogens is 5. The van der Waals surface area contributed by atoms with Gasteiger partial charge in [-0.25, -0.2) is 14.6 Å². The lowest BCUT2D eigenvalue weighted by Gasteiger charge is -2.38. The number of benzene rings is 1. The predicted octanol–water partition coefficient (Wildman–Crippen LogP) is 2.14. The van der Waals surface area contributed by atoms with Gasteiger partial charge < -0.3 is 10.2 Å². The Labute approximate surface area is 152 Å². The second kappa shape index (κ2) is 6.12. The number of halogens is 2. The minimum atomic E-state index is -0.170. The van der Waals surface area contributed by atoms with Crippen LogP contribution in [0.25, 0.3) is 11.2 Å². The molecular weight excluding hydrogens is 365 g/mol. The lowest BCUT2D eigenvalue weighted by atomic mass is 9.99. The van der Waals surface area contributed by atoms with Crippen LogP contribution in [0.3, 0.4) is 0 Å². The first-order valence-corrected chi connectivity index (χ1v) is 8.30. The van der Waals surface area contributed by atoms with E-state index in [0.717, 1.165) is 0 Å². The van der Waals surface area contributed by atoms with Crippen LogP contribution < -0.4 is 10.2 Å². The van der Waals surface area contributed by atoms with Crippen molar-refractivity contribution in [3.63, 3.8) is 0 Å². The summed E-state index contributed by atoms with van der Waals surface area (Å²) in [5, 5.41) is 11.8. The summed E-state index contributed by atoms with van der Waals surface area (Å²) in [6, 6.07) is 4.95. The molecule has 25 heavy (non-hydrogen) atoms. The molecule has 8 nitrogen and oxygen atoms in total. The van der Waals surface area contributed by atoms with Crippen LogP contribution in [-0.4, -0.2) is 44.0 Å². The molecule has 0 bridgehead atoms. The smallest absolute Gasteiger partial charge is 0.231 e. The summed E-state index contributed by atoms with van der Waals surface area (Å²) in [6.07, 6.45) is 1.47. The third kappa shape index (κ3) is 2.87. The first kappa shape index (κ1) is 16.0. The highest BCUT2D eigenvalue weighted by Crippen LogP contribution is 2.30. The number of amides is 1. The Morgan fingerprint density at radius 3 is 2.88 bits per heavy atom. The molecular formula is C15H13Cl2N7O. The summed E-state index contributed by atoms with van der Waals surface area (Å²) >= 11 is 12.0. The normalized spacial score (nSPS) is 14.6. The van der Waals surface area contributed by atoms with Gasteiger partial charge in [-0.2, -0.15) is 0 Å². The third-order valence-corrected chi connectivity index (χ3v) is 4.67. The van der Waals surface area contributed by atoms with Crippen LogP contribution in [0.15, 0.2) is 24.5 Å². The fourth-order valence-corrected chi connectivity index (χ4v) is 3.05. The van der Waals surface area contributed by atoms with Gasteiger partial charge in [-0.15, -0.1) is 5.10 Å². The molecule has 3 heterocycles. The van der Waals surface area contributed by atoms with Crippen molar-refractivity contribution in [3.8, 4) is 0 Å². The molecule has 1 aliphatic rings. The highest BCUT2D eigenvalue weighted by atomic mass is 35.5. The van der Waals surface area contributed by atoms with E-state index in [4.69, 9.17) is 23.2 Å². The second-order valence-corrected chi connectivity index (χ2v) is 6.64. The van der Waals surface area contributed by atoms with Crippen LogP contribution in [-0.2, 0) is 11.8 Å². The summed E-state index contributed by atoms with van der Waals surface area (Å²) in [5.41, 5.74) is 1.79. The van der Waals surface area contributed by atoms with E-state index in [1.807, 2.05) is 4.90 Å². The van der Waals surface area contributed by atoms with Gasteiger partial charge >= 0.3 is 0 Å². The van der Waals surface area contributed by atoms with Crippen LogP contribution in [0.1, 0.15) is 0 Å². The molecule has 1 N–H and O–H groups in total. The fourth-order valence-electron chi connectivity index (χ4n) is 2.72. The van der Waals surface area contributed by atoms with Crippen molar-refractivity contribution in [3.05, 3.63) is 34.6 Å². The molecule has 2 aromatic heterocycles. The van der Waals surface area contributed by atoms with Crippen molar-refractivity contribution in [1.82, 2.24) is 25.0 Å². The number of anilines is 2. The monoisotopic (exact) mass is 377 g/mol. The van der Waals surface area contributed by atoms with E-state index in [-0.39, 0.29) is 11.8 Å². The Balaban J connectivity index is 1.46. The number of hydrogen-bond donors (Lipinski definition) is 1. The number of nitrogens with one attached hydrogen (secondary N) is 1. The lowest BCUT2D eigenvalue weighted by molar-refractivity contribution is -0.120. The van der Waals surface area contributed by atoms with Gasteiger partial charge in [0, 0.05) is 25.2 Å². The van der Waals surface area contributed by atoms with Crippen molar-refractivity contribution in [1.29, 1.82) is 0 Å². The highest BCUT2D eigenvalue weighted by Gasteiger charge is 2.35. The van der Waals surface area contributed by atoms with Crippen molar-refractivity contribution in [2.24, 2.45) is 13.0 Å².